The first-order valence-electron chi connectivity index (χ1n) is 6.65. The smallest absolute Gasteiger partial charge is 0.175 e. The molecule has 2 atom stereocenters. The Kier molecular flexibility index (Phi) is 3.76. The lowest BCUT2D eigenvalue weighted by Crippen LogP contribution is -2.40. The van der Waals surface area contributed by atoms with Gasteiger partial charge in [0.05, 0.1) is 16.3 Å². The van der Waals surface area contributed by atoms with Gasteiger partial charge in [0, 0.05) is 18.8 Å². The number of piperidine rings is 1. The number of nitrogen functional groups attached to an aromatic ring is 1. The first-order valence-corrected chi connectivity index (χ1v) is 8.54. The SMILES string of the molecule is CC1CCN(c2ccc(S(C)(=O)=O)cc2N)C(C)C1. The summed E-state index contributed by atoms with van der Waals surface area (Å²) in [6.45, 7) is 5.44. The molecule has 2 N–H and O–H groups in total. The van der Waals surface area contributed by atoms with E-state index in [1.54, 1.807) is 12.1 Å². The van der Waals surface area contributed by atoms with E-state index in [2.05, 4.69) is 18.7 Å². The van der Waals surface area contributed by atoms with Gasteiger partial charge in [0.2, 0.25) is 0 Å². The van der Waals surface area contributed by atoms with E-state index in [1.165, 1.54) is 6.26 Å². The number of anilines is 2. The third-order valence-electron chi connectivity index (χ3n) is 3.87. The predicted molar refractivity (Wildman–Crippen MR) is 79.2 cm³/mol. The van der Waals surface area contributed by atoms with Crippen LogP contribution in [0.2, 0.25) is 0 Å². The predicted octanol–water partition coefficient (Wildman–Crippen LogP) is 2.30. The lowest BCUT2D eigenvalue weighted by atomic mass is 9.93. The van der Waals surface area contributed by atoms with Crippen LogP contribution < -0.4 is 10.6 Å². The summed E-state index contributed by atoms with van der Waals surface area (Å²) >= 11 is 0. The van der Waals surface area contributed by atoms with E-state index in [1.807, 2.05) is 6.07 Å². The summed E-state index contributed by atoms with van der Waals surface area (Å²) in [5, 5.41) is 0. The fourth-order valence-electron chi connectivity index (χ4n) is 2.79. The number of nitrogens with zero attached hydrogens (tertiary/aromatic N) is 1. The fraction of sp³-hybridized carbons (Fsp3) is 0.571. The van der Waals surface area contributed by atoms with Gasteiger partial charge in [0.25, 0.3) is 0 Å². The van der Waals surface area contributed by atoms with Gasteiger partial charge in [0.1, 0.15) is 0 Å². The van der Waals surface area contributed by atoms with E-state index in [-0.39, 0.29) is 4.90 Å². The Morgan fingerprint density at radius 2 is 2.00 bits per heavy atom. The average molecular weight is 282 g/mol. The number of benzene rings is 1. The zero-order chi connectivity index (χ0) is 14.2. The molecule has 1 aromatic carbocycles. The lowest BCUT2D eigenvalue weighted by Gasteiger charge is -2.39. The maximum atomic E-state index is 11.5. The molecule has 0 aromatic heterocycles. The van der Waals surface area contributed by atoms with Crippen LogP contribution in [0.1, 0.15) is 26.7 Å². The highest BCUT2D eigenvalue weighted by atomic mass is 32.2. The maximum absolute atomic E-state index is 11.5. The highest BCUT2D eigenvalue weighted by Gasteiger charge is 2.24. The fourth-order valence-corrected chi connectivity index (χ4v) is 3.45. The summed E-state index contributed by atoms with van der Waals surface area (Å²) in [6.07, 6.45) is 3.50. The zero-order valence-electron chi connectivity index (χ0n) is 11.8. The summed E-state index contributed by atoms with van der Waals surface area (Å²) in [6, 6.07) is 5.48. The first kappa shape index (κ1) is 14.2. The second-order valence-electron chi connectivity index (χ2n) is 5.66. The van der Waals surface area contributed by atoms with Gasteiger partial charge >= 0.3 is 0 Å². The van der Waals surface area contributed by atoms with Crippen molar-refractivity contribution in [1.82, 2.24) is 0 Å². The topological polar surface area (TPSA) is 63.4 Å². The molecule has 1 aromatic rings. The molecule has 0 aliphatic carbocycles. The van der Waals surface area contributed by atoms with Crippen LogP contribution in [-0.4, -0.2) is 27.3 Å². The molecule has 1 saturated heterocycles. The van der Waals surface area contributed by atoms with Gasteiger partial charge in [-0.3, -0.25) is 0 Å². The first-order chi connectivity index (χ1) is 8.79. The summed E-state index contributed by atoms with van der Waals surface area (Å²) < 4.78 is 23.0. The zero-order valence-corrected chi connectivity index (χ0v) is 12.6. The van der Waals surface area contributed by atoms with Crippen LogP contribution in [-0.2, 0) is 9.84 Å². The molecule has 1 aliphatic heterocycles. The quantitative estimate of drug-likeness (QED) is 0.845. The van der Waals surface area contributed by atoms with E-state index in [0.717, 1.165) is 31.0 Å². The van der Waals surface area contributed by atoms with Crippen molar-refractivity contribution in [2.24, 2.45) is 5.92 Å². The number of nitrogens with two attached hydrogens (primary N) is 1. The Morgan fingerprint density at radius 1 is 1.32 bits per heavy atom. The standard InChI is InChI=1S/C14H22N2O2S/c1-10-6-7-16(11(2)8-10)14-5-4-12(9-13(14)15)19(3,17)18/h4-5,9-11H,6-8,15H2,1-3H3. The summed E-state index contributed by atoms with van der Waals surface area (Å²) in [5.74, 6) is 0.739. The number of hydrogen-bond acceptors (Lipinski definition) is 4. The molecule has 2 rings (SSSR count). The van der Waals surface area contributed by atoms with Gasteiger partial charge in [-0.25, -0.2) is 8.42 Å². The molecule has 106 valence electrons. The minimum atomic E-state index is -3.19. The summed E-state index contributed by atoms with van der Waals surface area (Å²) in [7, 11) is -3.19. The van der Waals surface area contributed by atoms with Crippen LogP contribution in [0, 0.1) is 5.92 Å². The van der Waals surface area contributed by atoms with Gasteiger partial charge in [-0.1, -0.05) is 6.92 Å². The van der Waals surface area contributed by atoms with Gasteiger partial charge in [-0.15, -0.1) is 0 Å². The number of hydrogen-bond donors (Lipinski definition) is 1. The van der Waals surface area contributed by atoms with Crippen molar-refractivity contribution in [3.8, 4) is 0 Å². The molecule has 0 spiro atoms. The van der Waals surface area contributed by atoms with E-state index in [4.69, 9.17) is 5.73 Å². The molecule has 2 unspecified atom stereocenters. The van der Waals surface area contributed by atoms with E-state index in [9.17, 15) is 8.42 Å². The Morgan fingerprint density at radius 3 is 2.53 bits per heavy atom. The minimum absolute atomic E-state index is 0.284. The summed E-state index contributed by atoms with van der Waals surface area (Å²) in [5.41, 5.74) is 7.54. The molecular weight excluding hydrogens is 260 g/mol. The van der Waals surface area contributed by atoms with Gasteiger partial charge in [-0.05, 0) is 43.9 Å². The number of sulfone groups is 1. The van der Waals surface area contributed by atoms with Crippen LogP contribution in [0.15, 0.2) is 23.1 Å². The van der Waals surface area contributed by atoms with Crippen molar-refractivity contribution in [2.45, 2.75) is 37.6 Å². The van der Waals surface area contributed by atoms with Crippen LogP contribution in [0.3, 0.4) is 0 Å². The third kappa shape index (κ3) is 3.03. The van der Waals surface area contributed by atoms with E-state index < -0.39 is 9.84 Å². The molecule has 1 fully saturated rings. The van der Waals surface area contributed by atoms with Crippen molar-refractivity contribution in [3.05, 3.63) is 18.2 Å². The molecule has 0 amide bonds. The van der Waals surface area contributed by atoms with Gasteiger partial charge < -0.3 is 10.6 Å². The average Bonchev–Trinajstić information content (AvgIpc) is 2.28. The Balaban J connectivity index is 2.31. The molecule has 0 saturated carbocycles. The molecular formula is C14H22N2O2S. The van der Waals surface area contributed by atoms with Crippen molar-refractivity contribution in [1.29, 1.82) is 0 Å². The normalized spacial score (nSPS) is 24.5. The number of rotatable bonds is 2. The van der Waals surface area contributed by atoms with E-state index in [0.29, 0.717) is 11.7 Å². The lowest BCUT2D eigenvalue weighted by molar-refractivity contribution is 0.378. The van der Waals surface area contributed by atoms with Crippen LogP contribution in [0.25, 0.3) is 0 Å². The van der Waals surface area contributed by atoms with Crippen LogP contribution in [0.4, 0.5) is 11.4 Å². The molecule has 4 nitrogen and oxygen atoms in total. The molecule has 19 heavy (non-hydrogen) atoms. The van der Waals surface area contributed by atoms with Crippen LogP contribution in [0.5, 0.6) is 0 Å². The van der Waals surface area contributed by atoms with Crippen molar-refractivity contribution in [3.63, 3.8) is 0 Å². The van der Waals surface area contributed by atoms with Crippen molar-refractivity contribution in [2.75, 3.05) is 23.4 Å². The van der Waals surface area contributed by atoms with Gasteiger partial charge in [0.15, 0.2) is 9.84 Å². The Bertz CT molecular complexity index is 569. The highest BCUT2D eigenvalue weighted by Crippen LogP contribution is 2.32. The van der Waals surface area contributed by atoms with E-state index >= 15 is 0 Å². The van der Waals surface area contributed by atoms with Crippen molar-refractivity contribution >= 4 is 21.2 Å². The molecule has 5 heteroatoms. The summed E-state index contributed by atoms with van der Waals surface area (Å²) in [4.78, 5) is 2.56. The highest BCUT2D eigenvalue weighted by molar-refractivity contribution is 7.90. The van der Waals surface area contributed by atoms with Gasteiger partial charge in [-0.2, -0.15) is 0 Å². The Labute approximate surface area is 115 Å². The third-order valence-corrected chi connectivity index (χ3v) is 4.99. The molecule has 1 aliphatic rings. The van der Waals surface area contributed by atoms with Crippen molar-refractivity contribution < 1.29 is 8.42 Å². The maximum Gasteiger partial charge on any atom is 0.175 e. The molecule has 0 radical (unpaired) electrons. The Hall–Kier alpha value is -1.23. The second-order valence-corrected chi connectivity index (χ2v) is 7.68. The molecule has 0 bridgehead atoms. The largest absolute Gasteiger partial charge is 0.397 e. The minimum Gasteiger partial charge on any atom is -0.397 e. The van der Waals surface area contributed by atoms with Crippen LogP contribution >= 0.6 is 0 Å². The molecule has 1 heterocycles. The second kappa shape index (κ2) is 5.04. The monoisotopic (exact) mass is 282 g/mol.